The van der Waals surface area contributed by atoms with Crippen molar-refractivity contribution < 1.29 is 64.9 Å². The molecule has 3 rings (SSSR count). The number of hydrogen-bond acceptors (Lipinski definition) is 22. The van der Waals surface area contributed by atoms with E-state index in [0.29, 0.717) is 12.0 Å². The number of benzene rings is 3. The molecule has 0 unspecified atom stereocenters. The van der Waals surface area contributed by atoms with Gasteiger partial charge in [-0.15, -0.1) is 8.67 Å². The minimum absolute atomic E-state index is 0.0529. The van der Waals surface area contributed by atoms with Crippen molar-refractivity contribution in [1.29, 1.82) is 0 Å². The van der Waals surface area contributed by atoms with E-state index in [1.807, 2.05) is 0 Å². The second kappa shape index (κ2) is 16.0. The fraction of sp³-hybridized carbons (Fsp3) is 0.100. The van der Waals surface area contributed by atoms with Crippen LogP contribution < -0.4 is 32.4 Å². The monoisotopic (exact) mass is 727 g/mol. The third kappa shape index (κ3) is 9.97. The van der Waals surface area contributed by atoms with Crippen LogP contribution in [0.4, 0.5) is 17.1 Å². The molecule has 0 saturated heterocycles. The summed E-state index contributed by atoms with van der Waals surface area (Å²) < 4.78 is 67.7. The van der Waals surface area contributed by atoms with Gasteiger partial charge in [-0.05, 0) is 36.4 Å². The van der Waals surface area contributed by atoms with Gasteiger partial charge in [0.25, 0.3) is 0 Å². The minimum Gasteiger partial charge on any atom is -0.501 e. The topological polar surface area (TPSA) is 321 Å². The van der Waals surface area contributed by atoms with Gasteiger partial charge in [0.05, 0.1) is 56.8 Å². The molecule has 0 fully saturated rings. The maximum atomic E-state index is 13.0. The van der Waals surface area contributed by atoms with Crippen molar-refractivity contribution in [3.05, 3.63) is 83.7 Å². The van der Waals surface area contributed by atoms with Gasteiger partial charge in [-0.2, -0.15) is 18.6 Å². The maximum Gasteiger partial charge on any atom is 0.397 e. The highest BCUT2D eigenvalue weighted by Gasteiger charge is 2.21. The highest BCUT2D eigenvalue weighted by atomic mass is 32.3. The van der Waals surface area contributed by atoms with Gasteiger partial charge in [0.1, 0.15) is 11.0 Å². The van der Waals surface area contributed by atoms with Crippen LogP contribution in [0.1, 0.15) is 0 Å². The Balaban J connectivity index is 1.97. The third-order valence-electron chi connectivity index (χ3n) is 5.13. The Morgan fingerprint density at radius 2 is 1.59 bits per heavy atom. The summed E-state index contributed by atoms with van der Waals surface area (Å²) in [5.41, 5.74) is 1.30. The molecule has 26 heteroatoms. The van der Waals surface area contributed by atoms with Crippen LogP contribution in [-0.2, 0) is 43.2 Å². The predicted molar refractivity (Wildman–Crippen MR) is 152 cm³/mol. The maximum absolute atomic E-state index is 13.0. The second-order valence-electron chi connectivity index (χ2n) is 7.98. The molecular weight excluding hydrogens is 711 g/mol. The van der Waals surface area contributed by atoms with E-state index >= 15 is 0 Å². The summed E-state index contributed by atoms with van der Waals surface area (Å²) in [6.45, 7) is -0.919. The lowest BCUT2D eigenvalue weighted by Gasteiger charge is -2.10. The molecule has 0 aliphatic heterocycles. The van der Waals surface area contributed by atoms with E-state index in [2.05, 4.69) is 44.0 Å². The average molecular weight is 728 g/mol. The Hall–Kier alpha value is -4.06. The van der Waals surface area contributed by atoms with Crippen molar-refractivity contribution >= 4 is 61.4 Å². The zero-order valence-electron chi connectivity index (χ0n) is 22.0. The molecule has 0 aliphatic rings. The van der Waals surface area contributed by atoms with Crippen molar-refractivity contribution in [2.75, 3.05) is 23.2 Å². The molecule has 6 N–H and O–H groups in total. The molecule has 0 atom stereocenters. The van der Waals surface area contributed by atoms with Gasteiger partial charge in [0.15, 0.2) is 15.2 Å². The largest absolute Gasteiger partial charge is 0.501 e. The van der Waals surface area contributed by atoms with Crippen LogP contribution in [0, 0.1) is 10.1 Å². The van der Waals surface area contributed by atoms with Crippen molar-refractivity contribution in [3.8, 4) is 5.75 Å². The number of anilines is 2. The van der Waals surface area contributed by atoms with Crippen LogP contribution >= 0.6 is 24.1 Å². The van der Waals surface area contributed by atoms with Crippen molar-refractivity contribution in [1.82, 2.24) is 0 Å². The summed E-state index contributed by atoms with van der Waals surface area (Å²) in [6, 6.07) is 6.91. The van der Waals surface area contributed by atoms with Gasteiger partial charge >= 0.3 is 16.1 Å². The standard InChI is InChI=1S/C20H17N5O17S4/c26-16-4-3-13(22-23-14-7-10(43-41-39-31)8-15(19(14)27)25(29)30)20(28)18(16)24-21-12-2-1-11(9-17(12)44-42-40-32)45(33,34)6-5-38-46(35,36)37/h1-4,7-9,21,23,27,31-32H,5-6H2,(H,35,36,37). The Kier molecular flexibility index (Phi) is 12.6. The van der Waals surface area contributed by atoms with Crippen LogP contribution in [0.15, 0.2) is 76.9 Å². The lowest BCUT2D eigenvalue weighted by molar-refractivity contribution is -0.432. The van der Waals surface area contributed by atoms with Gasteiger partial charge in [-0.1, -0.05) is 10.1 Å². The van der Waals surface area contributed by atoms with Gasteiger partial charge in [0, 0.05) is 11.0 Å². The van der Waals surface area contributed by atoms with E-state index in [1.165, 1.54) is 0 Å². The third-order valence-corrected chi connectivity index (χ3v) is 8.47. The van der Waals surface area contributed by atoms with Crippen LogP contribution in [0.3, 0.4) is 0 Å². The van der Waals surface area contributed by atoms with E-state index < -0.39 is 81.1 Å². The zero-order valence-corrected chi connectivity index (χ0v) is 25.3. The number of hydrogen-bond donors (Lipinski definition) is 6. The van der Waals surface area contributed by atoms with E-state index in [-0.39, 0.29) is 27.5 Å². The van der Waals surface area contributed by atoms with Gasteiger partial charge in [0.2, 0.25) is 16.6 Å². The van der Waals surface area contributed by atoms with Gasteiger partial charge in [-0.25, -0.2) is 23.1 Å². The smallest absolute Gasteiger partial charge is 0.397 e. The Morgan fingerprint density at radius 1 is 0.913 bits per heavy atom. The molecule has 0 amide bonds. The molecule has 46 heavy (non-hydrogen) atoms. The first kappa shape index (κ1) is 36.4. The fourth-order valence-corrected chi connectivity index (χ4v) is 5.67. The van der Waals surface area contributed by atoms with Crippen molar-refractivity contribution in [2.45, 2.75) is 14.7 Å². The second-order valence-corrected chi connectivity index (χ2v) is 12.7. The number of nitrogens with one attached hydrogen (secondary N) is 2. The van der Waals surface area contributed by atoms with Crippen LogP contribution in [0.5, 0.6) is 5.75 Å². The molecule has 0 bridgehead atoms. The van der Waals surface area contributed by atoms with Crippen LogP contribution in [-0.4, -0.2) is 54.3 Å². The molecule has 3 aromatic carbocycles. The van der Waals surface area contributed by atoms with E-state index in [1.54, 1.807) is 0 Å². The lowest BCUT2D eigenvalue weighted by atomic mass is 10.2. The molecule has 22 nitrogen and oxygen atoms in total. The Morgan fingerprint density at radius 3 is 2.24 bits per heavy atom. The van der Waals surface area contributed by atoms with E-state index in [0.717, 1.165) is 42.5 Å². The highest BCUT2D eigenvalue weighted by molar-refractivity contribution is 7.95. The average Bonchev–Trinajstić information content (AvgIpc) is 2.98. The molecule has 0 spiro atoms. The lowest BCUT2D eigenvalue weighted by Crippen LogP contribution is -2.48. The van der Waals surface area contributed by atoms with Crippen LogP contribution in [0.2, 0.25) is 0 Å². The number of nitro groups is 1. The molecular formula is C20H17N5O17S4. The summed E-state index contributed by atoms with van der Waals surface area (Å²) >= 11 is 0.576. The molecule has 0 saturated carbocycles. The number of sulfone groups is 1. The van der Waals surface area contributed by atoms with Gasteiger partial charge < -0.3 is 5.11 Å². The number of aromatic hydroxyl groups is 1. The summed E-state index contributed by atoms with van der Waals surface area (Å²) in [5, 5.41) is 51.6. The molecule has 0 aliphatic carbocycles. The fourth-order valence-electron chi connectivity index (χ4n) is 3.17. The number of phenolic OH excluding ortho intramolecular Hbond substituents is 1. The molecule has 0 heterocycles. The molecule has 3 aromatic rings. The summed E-state index contributed by atoms with van der Waals surface area (Å²) in [4.78, 5) is 35.1. The molecule has 248 valence electrons. The summed E-state index contributed by atoms with van der Waals surface area (Å²) in [5.74, 6) is -1.77. The number of nitrogens with zero attached hydrogens (tertiary/aromatic N) is 3. The number of nitro benzene ring substituents is 1. The first-order valence-electron chi connectivity index (χ1n) is 11.4. The Labute approximate surface area is 263 Å². The van der Waals surface area contributed by atoms with Crippen LogP contribution in [0.25, 0.3) is 0 Å². The normalized spacial score (nSPS) is 12.8. The number of rotatable bonds is 16. The SMILES string of the molecule is O=c1ccc(=NNc2cc(SOOO)cc([N+](=O)[O-])c2O)c(=O)c1=NNc1ccc(S(=O)(=O)CCOS(=O)(=O)O)cc1SOOO. The van der Waals surface area contributed by atoms with Crippen molar-refractivity contribution in [2.24, 2.45) is 10.2 Å². The first-order chi connectivity index (χ1) is 21.7. The van der Waals surface area contributed by atoms with Gasteiger partial charge in [-0.3, -0.25) is 35.1 Å². The number of phenols is 1. The molecule has 0 aromatic heterocycles. The molecule has 0 radical (unpaired) electrons. The summed E-state index contributed by atoms with van der Waals surface area (Å²) in [7, 11) is -9.11. The quantitative estimate of drug-likeness (QED) is 0.0286. The minimum atomic E-state index is -4.90. The van der Waals surface area contributed by atoms with E-state index in [4.69, 9.17) is 15.1 Å². The predicted octanol–water partition coefficient (Wildman–Crippen LogP) is 0.202. The zero-order chi connectivity index (χ0) is 34.1. The first-order valence-corrected chi connectivity index (χ1v) is 15.9. The Bertz CT molecular complexity index is 2050. The highest BCUT2D eigenvalue weighted by Crippen LogP contribution is 2.38. The van der Waals surface area contributed by atoms with E-state index in [9.17, 15) is 41.6 Å². The summed E-state index contributed by atoms with van der Waals surface area (Å²) in [6.07, 6.45) is 0. The van der Waals surface area contributed by atoms with Crippen molar-refractivity contribution in [3.63, 3.8) is 0 Å².